The standard InChI is InChI=1S/C20H30N2O2/c1-16-6-8-17(9-7-16)22-14-13-21-12-4-5-18-15-20(19(23)24-18)10-2-3-11-20/h6-9,18,21-22H,2-5,10-15H2,1H3. The van der Waals surface area contributed by atoms with E-state index >= 15 is 0 Å². The molecule has 1 aromatic rings. The van der Waals surface area contributed by atoms with Crippen LogP contribution in [0.5, 0.6) is 0 Å². The van der Waals surface area contributed by atoms with Gasteiger partial charge in [-0.2, -0.15) is 0 Å². The number of esters is 1. The molecule has 1 spiro atoms. The van der Waals surface area contributed by atoms with Crippen molar-refractivity contribution in [3.05, 3.63) is 29.8 Å². The Hall–Kier alpha value is -1.55. The monoisotopic (exact) mass is 330 g/mol. The number of ether oxygens (including phenoxy) is 1. The van der Waals surface area contributed by atoms with Crippen molar-refractivity contribution in [3.8, 4) is 0 Å². The topological polar surface area (TPSA) is 50.4 Å². The summed E-state index contributed by atoms with van der Waals surface area (Å²) in [5.74, 6) is 0.0836. The molecule has 1 saturated heterocycles. The van der Waals surface area contributed by atoms with E-state index in [0.717, 1.165) is 51.7 Å². The second-order valence-electron chi connectivity index (χ2n) is 7.40. The SMILES string of the molecule is Cc1ccc(NCCNCCCC2CC3(CCCC3)C(=O)O2)cc1. The van der Waals surface area contributed by atoms with Crippen LogP contribution in [0.4, 0.5) is 5.69 Å². The molecule has 0 amide bonds. The molecule has 1 aliphatic carbocycles. The van der Waals surface area contributed by atoms with Crippen LogP contribution >= 0.6 is 0 Å². The summed E-state index contributed by atoms with van der Waals surface area (Å²) in [6, 6.07) is 8.47. The van der Waals surface area contributed by atoms with Gasteiger partial charge in [0.15, 0.2) is 0 Å². The molecule has 1 atom stereocenters. The summed E-state index contributed by atoms with van der Waals surface area (Å²) in [6.45, 7) is 4.95. The van der Waals surface area contributed by atoms with E-state index in [4.69, 9.17) is 4.74 Å². The van der Waals surface area contributed by atoms with Crippen LogP contribution in [0, 0.1) is 12.3 Å². The largest absolute Gasteiger partial charge is 0.462 e. The van der Waals surface area contributed by atoms with Crippen LogP contribution in [0.1, 0.15) is 50.5 Å². The second kappa shape index (κ2) is 8.02. The van der Waals surface area contributed by atoms with E-state index < -0.39 is 0 Å². The summed E-state index contributed by atoms with van der Waals surface area (Å²) in [6.07, 6.45) is 7.65. The summed E-state index contributed by atoms with van der Waals surface area (Å²) in [5.41, 5.74) is 2.35. The number of aryl methyl sites for hydroxylation is 1. The highest BCUT2D eigenvalue weighted by atomic mass is 16.6. The Kier molecular flexibility index (Phi) is 5.77. The molecule has 4 heteroatoms. The average Bonchev–Trinajstić information content (AvgIpc) is 3.16. The van der Waals surface area contributed by atoms with Gasteiger partial charge < -0.3 is 15.4 Å². The number of rotatable bonds is 8. The van der Waals surface area contributed by atoms with Crippen LogP contribution in [-0.2, 0) is 9.53 Å². The number of hydrogen-bond donors (Lipinski definition) is 2. The normalized spacial score (nSPS) is 22.0. The second-order valence-corrected chi connectivity index (χ2v) is 7.40. The van der Waals surface area contributed by atoms with Gasteiger partial charge in [-0.05, 0) is 51.3 Å². The van der Waals surface area contributed by atoms with Gasteiger partial charge in [0.2, 0.25) is 0 Å². The van der Waals surface area contributed by atoms with Crippen molar-refractivity contribution in [2.45, 2.75) is 58.0 Å². The number of benzene rings is 1. The number of cyclic esters (lactones) is 1. The Labute approximate surface area is 145 Å². The molecular formula is C20H30N2O2. The first-order chi connectivity index (χ1) is 11.7. The summed E-state index contributed by atoms with van der Waals surface area (Å²) in [7, 11) is 0. The molecule has 1 unspecified atom stereocenters. The minimum absolute atomic E-state index is 0.0836. The lowest BCUT2D eigenvalue weighted by molar-refractivity contribution is -0.148. The first-order valence-electron chi connectivity index (χ1n) is 9.40. The lowest BCUT2D eigenvalue weighted by atomic mass is 9.82. The van der Waals surface area contributed by atoms with Crippen LogP contribution in [0.3, 0.4) is 0 Å². The molecule has 1 heterocycles. The van der Waals surface area contributed by atoms with Gasteiger partial charge in [0.1, 0.15) is 6.10 Å². The summed E-state index contributed by atoms with van der Waals surface area (Å²) >= 11 is 0. The average molecular weight is 330 g/mol. The van der Waals surface area contributed by atoms with Crippen LogP contribution in [0.2, 0.25) is 0 Å². The molecule has 0 radical (unpaired) electrons. The molecule has 2 aliphatic rings. The molecule has 2 fully saturated rings. The third-order valence-corrected chi connectivity index (χ3v) is 5.45. The maximum Gasteiger partial charge on any atom is 0.312 e. The van der Waals surface area contributed by atoms with Gasteiger partial charge in [0, 0.05) is 25.2 Å². The Morgan fingerprint density at radius 2 is 1.88 bits per heavy atom. The zero-order chi connectivity index (χ0) is 16.8. The smallest absolute Gasteiger partial charge is 0.312 e. The molecule has 2 N–H and O–H groups in total. The van der Waals surface area contributed by atoms with E-state index in [1.54, 1.807) is 0 Å². The molecule has 1 aliphatic heterocycles. The van der Waals surface area contributed by atoms with Gasteiger partial charge in [-0.15, -0.1) is 0 Å². The van der Waals surface area contributed by atoms with E-state index in [1.165, 1.54) is 24.1 Å². The van der Waals surface area contributed by atoms with Gasteiger partial charge >= 0.3 is 5.97 Å². The minimum Gasteiger partial charge on any atom is -0.462 e. The van der Waals surface area contributed by atoms with Gasteiger partial charge in [-0.1, -0.05) is 30.5 Å². The van der Waals surface area contributed by atoms with Crippen molar-refractivity contribution in [2.75, 3.05) is 25.0 Å². The van der Waals surface area contributed by atoms with Crippen LogP contribution in [0.15, 0.2) is 24.3 Å². The quantitative estimate of drug-likeness (QED) is 0.564. The fraction of sp³-hybridized carbons (Fsp3) is 0.650. The molecular weight excluding hydrogens is 300 g/mol. The van der Waals surface area contributed by atoms with E-state index in [-0.39, 0.29) is 17.5 Å². The van der Waals surface area contributed by atoms with Crippen LogP contribution < -0.4 is 10.6 Å². The molecule has 0 aromatic heterocycles. The third kappa shape index (κ3) is 4.29. The molecule has 1 saturated carbocycles. The van der Waals surface area contributed by atoms with Crippen LogP contribution in [0.25, 0.3) is 0 Å². The summed E-state index contributed by atoms with van der Waals surface area (Å²) in [5, 5.41) is 6.87. The lowest BCUT2D eigenvalue weighted by Crippen LogP contribution is -2.24. The molecule has 0 bridgehead atoms. The highest BCUT2D eigenvalue weighted by Crippen LogP contribution is 2.48. The molecule has 4 nitrogen and oxygen atoms in total. The maximum absolute atomic E-state index is 12.1. The van der Waals surface area contributed by atoms with Crippen molar-refractivity contribution in [1.82, 2.24) is 5.32 Å². The summed E-state index contributed by atoms with van der Waals surface area (Å²) in [4.78, 5) is 12.1. The molecule has 1 aromatic carbocycles. The number of hydrogen-bond acceptors (Lipinski definition) is 4. The molecule has 24 heavy (non-hydrogen) atoms. The first-order valence-corrected chi connectivity index (χ1v) is 9.40. The van der Waals surface area contributed by atoms with Crippen molar-refractivity contribution in [1.29, 1.82) is 0 Å². The van der Waals surface area contributed by atoms with Gasteiger partial charge in [0.25, 0.3) is 0 Å². The number of nitrogens with one attached hydrogen (secondary N) is 2. The fourth-order valence-electron chi connectivity index (χ4n) is 4.00. The zero-order valence-corrected chi connectivity index (χ0v) is 14.8. The van der Waals surface area contributed by atoms with Crippen molar-refractivity contribution < 1.29 is 9.53 Å². The molecule has 3 rings (SSSR count). The van der Waals surface area contributed by atoms with Crippen molar-refractivity contribution in [2.24, 2.45) is 5.41 Å². The van der Waals surface area contributed by atoms with Gasteiger partial charge in [-0.25, -0.2) is 0 Å². The lowest BCUT2D eigenvalue weighted by Gasteiger charge is -2.16. The number of carbonyl (C=O) groups excluding carboxylic acids is 1. The highest BCUT2D eigenvalue weighted by molar-refractivity contribution is 5.79. The van der Waals surface area contributed by atoms with Crippen LogP contribution in [-0.4, -0.2) is 31.7 Å². The Bertz CT molecular complexity index is 535. The maximum atomic E-state index is 12.1. The van der Waals surface area contributed by atoms with Gasteiger partial charge in [0.05, 0.1) is 5.41 Å². The Balaban J connectivity index is 1.24. The van der Waals surface area contributed by atoms with Gasteiger partial charge in [-0.3, -0.25) is 4.79 Å². The van der Waals surface area contributed by atoms with E-state index in [0.29, 0.717) is 0 Å². The van der Waals surface area contributed by atoms with E-state index in [1.807, 2.05) is 0 Å². The highest BCUT2D eigenvalue weighted by Gasteiger charge is 2.49. The first kappa shape index (κ1) is 17.3. The van der Waals surface area contributed by atoms with E-state index in [9.17, 15) is 4.79 Å². The molecule has 132 valence electrons. The van der Waals surface area contributed by atoms with Crippen molar-refractivity contribution in [3.63, 3.8) is 0 Å². The number of anilines is 1. The van der Waals surface area contributed by atoms with E-state index in [2.05, 4.69) is 41.8 Å². The third-order valence-electron chi connectivity index (χ3n) is 5.45. The summed E-state index contributed by atoms with van der Waals surface area (Å²) < 4.78 is 5.62. The Morgan fingerprint density at radius 3 is 2.62 bits per heavy atom. The number of carbonyl (C=O) groups is 1. The Morgan fingerprint density at radius 1 is 1.12 bits per heavy atom. The predicted molar refractivity (Wildman–Crippen MR) is 97.2 cm³/mol. The zero-order valence-electron chi connectivity index (χ0n) is 14.8. The minimum atomic E-state index is -0.101. The van der Waals surface area contributed by atoms with Crippen molar-refractivity contribution >= 4 is 11.7 Å². The predicted octanol–water partition coefficient (Wildman–Crippen LogP) is 3.65. The fourth-order valence-corrected chi connectivity index (χ4v) is 4.00.